The number of aromatic nitrogens is 3. The second kappa shape index (κ2) is 7.11. The molecule has 1 aliphatic carbocycles. The fourth-order valence-electron chi connectivity index (χ4n) is 4.36. The van der Waals surface area contributed by atoms with Crippen LogP contribution in [0, 0.1) is 5.41 Å². The van der Waals surface area contributed by atoms with Crippen molar-refractivity contribution in [3.05, 3.63) is 69.3 Å². The van der Waals surface area contributed by atoms with Gasteiger partial charge in [-0.25, -0.2) is 4.68 Å². The number of carbonyl (C=O) groups is 1. The Labute approximate surface area is 189 Å². The summed E-state index contributed by atoms with van der Waals surface area (Å²) in [6, 6.07) is 11.6. The van der Waals surface area contributed by atoms with E-state index in [4.69, 9.17) is 28.3 Å². The molecule has 5 rings (SSSR count). The third kappa shape index (κ3) is 3.40. The summed E-state index contributed by atoms with van der Waals surface area (Å²) >= 11 is 12.9. The quantitative estimate of drug-likeness (QED) is 0.525. The number of anilines is 1. The van der Waals surface area contributed by atoms with Gasteiger partial charge in [-0.2, -0.15) is 4.98 Å². The third-order valence-corrected chi connectivity index (χ3v) is 6.57. The van der Waals surface area contributed by atoms with Crippen LogP contribution in [0.4, 0.5) is 5.95 Å². The highest BCUT2D eigenvalue weighted by atomic mass is 35.5. The Morgan fingerprint density at radius 3 is 2.61 bits per heavy atom. The number of Topliss-reactive ketones (excluding diaryl/α,β-unsaturated/α-hetero) is 1. The van der Waals surface area contributed by atoms with Crippen molar-refractivity contribution >= 4 is 34.9 Å². The molecule has 1 aromatic heterocycles. The van der Waals surface area contributed by atoms with E-state index in [2.05, 4.69) is 24.1 Å². The summed E-state index contributed by atoms with van der Waals surface area (Å²) in [6.45, 7) is 4.16. The van der Waals surface area contributed by atoms with Gasteiger partial charge in [-0.1, -0.05) is 49.2 Å². The molecule has 0 bridgehead atoms. The first-order chi connectivity index (χ1) is 14.7. The van der Waals surface area contributed by atoms with Gasteiger partial charge >= 0.3 is 0 Å². The molecule has 8 heteroatoms. The fourth-order valence-corrected chi connectivity index (χ4v) is 4.77. The molecule has 6 nitrogen and oxygen atoms in total. The molecule has 0 amide bonds. The number of halogens is 2. The molecule has 2 aliphatic rings. The van der Waals surface area contributed by atoms with E-state index in [0.717, 1.165) is 11.3 Å². The topological polar surface area (TPSA) is 80.0 Å². The second-order valence-corrected chi connectivity index (χ2v) is 9.54. The van der Waals surface area contributed by atoms with Gasteiger partial charge in [-0.05, 0) is 42.2 Å². The van der Waals surface area contributed by atoms with Crippen molar-refractivity contribution in [3.8, 4) is 17.1 Å². The summed E-state index contributed by atoms with van der Waals surface area (Å²) in [4.78, 5) is 18.0. The number of hydrogen-bond acceptors (Lipinski definition) is 5. The van der Waals surface area contributed by atoms with Crippen LogP contribution in [-0.4, -0.2) is 25.7 Å². The molecule has 1 aliphatic heterocycles. The molecular formula is C23H20Cl2N4O2. The van der Waals surface area contributed by atoms with Crippen molar-refractivity contribution in [2.75, 3.05) is 5.32 Å². The minimum atomic E-state index is -0.528. The van der Waals surface area contributed by atoms with Crippen LogP contribution in [0.3, 0.4) is 0 Å². The maximum absolute atomic E-state index is 13.3. The van der Waals surface area contributed by atoms with E-state index in [0.29, 0.717) is 45.8 Å². The number of aromatic hydroxyl groups is 1. The molecule has 0 saturated heterocycles. The normalized spacial score (nSPS) is 19.6. The van der Waals surface area contributed by atoms with E-state index in [-0.39, 0.29) is 16.9 Å². The second-order valence-electron chi connectivity index (χ2n) is 8.75. The van der Waals surface area contributed by atoms with Gasteiger partial charge < -0.3 is 10.4 Å². The largest absolute Gasteiger partial charge is 0.508 e. The summed E-state index contributed by atoms with van der Waals surface area (Å²) in [5.74, 6) is 1.25. The van der Waals surface area contributed by atoms with Crippen molar-refractivity contribution in [1.82, 2.24) is 14.8 Å². The molecule has 2 heterocycles. The summed E-state index contributed by atoms with van der Waals surface area (Å²) in [5.41, 5.74) is 2.80. The number of ketones is 1. The van der Waals surface area contributed by atoms with Crippen LogP contribution in [-0.2, 0) is 4.79 Å². The number of rotatable bonds is 2. The number of hydrogen-bond donors (Lipinski definition) is 2. The minimum absolute atomic E-state index is 0.0622. The smallest absolute Gasteiger partial charge is 0.226 e. The maximum atomic E-state index is 13.3. The van der Waals surface area contributed by atoms with Crippen LogP contribution in [0.15, 0.2) is 53.7 Å². The van der Waals surface area contributed by atoms with Crippen molar-refractivity contribution in [2.24, 2.45) is 5.41 Å². The lowest BCUT2D eigenvalue weighted by atomic mass is 9.73. The molecule has 0 spiro atoms. The molecule has 3 aromatic rings. The van der Waals surface area contributed by atoms with Gasteiger partial charge in [0.15, 0.2) is 11.6 Å². The van der Waals surface area contributed by atoms with Crippen LogP contribution in [0.1, 0.15) is 38.3 Å². The lowest BCUT2D eigenvalue weighted by molar-refractivity contribution is -0.118. The fraction of sp³-hybridized carbons (Fsp3) is 0.261. The Hall–Kier alpha value is -2.83. The highest BCUT2D eigenvalue weighted by molar-refractivity contribution is 6.42. The van der Waals surface area contributed by atoms with Gasteiger partial charge in [-0.3, -0.25) is 4.79 Å². The zero-order valence-electron chi connectivity index (χ0n) is 17.0. The lowest BCUT2D eigenvalue weighted by Crippen LogP contribution is -2.36. The average molecular weight is 455 g/mol. The Kier molecular flexibility index (Phi) is 4.61. The van der Waals surface area contributed by atoms with Gasteiger partial charge in [0.05, 0.1) is 10.0 Å². The molecule has 1 unspecified atom stereocenters. The molecule has 0 fully saturated rings. The number of phenols is 1. The molecular weight excluding hydrogens is 435 g/mol. The molecule has 158 valence electrons. The molecule has 2 N–H and O–H groups in total. The highest BCUT2D eigenvalue weighted by Gasteiger charge is 2.42. The Bertz CT molecular complexity index is 1240. The molecule has 0 saturated carbocycles. The van der Waals surface area contributed by atoms with Crippen molar-refractivity contribution in [1.29, 1.82) is 0 Å². The number of phenolic OH excluding ortho intramolecular Hbond substituents is 1. The van der Waals surface area contributed by atoms with Crippen LogP contribution < -0.4 is 5.32 Å². The average Bonchev–Trinajstić information content (AvgIpc) is 3.12. The van der Waals surface area contributed by atoms with Crippen molar-refractivity contribution < 1.29 is 9.90 Å². The van der Waals surface area contributed by atoms with Crippen LogP contribution in [0.25, 0.3) is 11.4 Å². The standard InChI is InChI=1S/C23H20Cl2N4O2/c1-23(2)10-16-18(17(31)11-23)20(14-4-3-5-15(24)19(14)25)29-22(26-16)27-21(28-29)12-6-8-13(30)9-7-12/h3-9,20,30H,10-11H2,1-2H3,(H,26,27,28). The lowest BCUT2D eigenvalue weighted by Gasteiger charge is -2.38. The number of benzene rings is 2. The van der Waals surface area contributed by atoms with Gasteiger partial charge in [0.25, 0.3) is 0 Å². The van der Waals surface area contributed by atoms with Crippen LogP contribution in [0.2, 0.25) is 10.0 Å². The Morgan fingerprint density at radius 2 is 1.87 bits per heavy atom. The van der Waals surface area contributed by atoms with E-state index in [1.54, 1.807) is 35.0 Å². The number of allylic oxidation sites excluding steroid dienone is 2. The third-order valence-electron chi connectivity index (χ3n) is 5.73. The first-order valence-corrected chi connectivity index (χ1v) is 10.7. The maximum Gasteiger partial charge on any atom is 0.226 e. The van der Waals surface area contributed by atoms with Crippen LogP contribution >= 0.6 is 23.2 Å². The first kappa shape index (κ1) is 20.1. The molecule has 0 radical (unpaired) electrons. The van der Waals surface area contributed by atoms with Gasteiger partial charge in [0.2, 0.25) is 5.95 Å². The number of nitrogens with one attached hydrogen (secondary N) is 1. The number of fused-ring (bicyclic) bond motifs is 1. The van der Waals surface area contributed by atoms with Crippen molar-refractivity contribution in [2.45, 2.75) is 32.7 Å². The summed E-state index contributed by atoms with van der Waals surface area (Å²) < 4.78 is 1.70. The zero-order chi connectivity index (χ0) is 21.9. The van der Waals surface area contributed by atoms with E-state index >= 15 is 0 Å². The first-order valence-electron chi connectivity index (χ1n) is 9.97. The zero-order valence-corrected chi connectivity index (χ0v) is 18.5. The monoisotopic (exact) mass is 454 g/mol. The predicted molar refractivity (Wildman–Crippen MR) is 120 cm³/mol. The Morgan fingerprint density at radius 1 is 1.13 bits per heavy atom. The summed E-state index contributed by atoms with van der Waals surface area (Å²) in [7, 11) is 0. The molecule has 31 heavy (non-hydrogen) atoms. The highest BCUT2D eigenvalue weighted by Crippen LogP contribution is 2.47. The molecule has 1 atom stereocenters. The van der Waals surface area contributed by atoms with E-state index in [1.807, 2.05) is 12.1 Å². The van der Waals surface area contributed by atoms with E-state index < -0.39 is 6.04 Å². The molecule has 2 aromatic carbocycles. The SMILES string of the molecule is CC1(C)CC(=O)C2=C(C1)Nc1nc(-c3ccc(O)cc3)nn1C2c1cccc(Cl)c1Cl. The number of nitrogens with zero attached hydrogens (tertiary/aromatic N) is 3. The van der Waals surface area contributed by atoms with Crippen molar-refractivity contribution in [3.63, 3.8) is 0 Å². The summed E-state index contributed by atoms with van der Waals surface area (Å²) in [5, 5.41) is 18.5. The van der Waals surface area contributed by atoms with Gasteiger partial charge in [0.1, 0.15) is 11.8 Å². The predicted octanol–water partition coefficient (Wildman–Crippen LogP) is 5.62. The summed E-state index contributed by atoms with van der Waals surface area (Å²) in [6.07, 6.45) is 1.15. The van der Waals surface area contributed by atoms with Gasteiger partial charge in [-0.15, -0.1) is 5.10 Å². The minimum Gasteiger partial charge on any atom is -0.508 e. The van der Waals surface area contributed by atoms with E-state index in [9.17, 15) is 9.90 Å². The number of carbonyl (C=O) groups excluding carboxylic acids is 1. The van der Waals surface area contributed by atoms with Gasteiger partial charge in [0, 0.05) is 28.8 Å². The van der Waals surface area contributed by atoms with E-state index in [1.165, 1.54) is 0 Å². The Balaban J connectivity index is 1.71. The van der Waals surface area contributed by atoms with Crippen LogP contribution in [0.5, 0.6) is 5.75 Å².